The van der Waals surface area contributed by atoms with Crippen LogP contribution in [0.25, 0.3) is 11.5 Å². The van der Waals surface area contributed by atoms with Gasteiger partial charge in [-0.3, -0.25) is 4.79 Å². The number of hydrogen-bond acceptors (Lipinski definition) is 4. The van der Waals surface area contributed by atoms with Crippen LogP contribution in [0, 0.1) is 5.92 Å². The number of rotatable bonds is 7. The van der Waals surface area contributed by atoms with Crippen LogP contribution in [0.5, 0.6) is 0 Å². The largest absolute Gasteiger partial charge is 0.444 e. The first-order valence-electron chi connectivity index (χ1n) is 8.69. The molecule has 1 saturated heterocycles. The highest BCUT2D eigenvalue weighted by molar-refractivity contribution is 5.78. The Hall–Kier alpha value is -2.14. The SMILES string of the molecule is CC(CNC(=O)Cc1coc(-c2ccccc2)n1)CN1CCCC1. The molecule has 1 fully saturated rings. The number of carbonyl (C=O) groups excluding carboxylic acids is 1. The lowest BCUT2D eigenvalue weighted by atomic mass is 10.1. The molecule has 24 heavy (non-hydrogen) atoms. The second-order valence-electron chi connectivity index (χ2n) is 6.60. The fourth-order valence-corrected chi connectivity index (χ4v) is 3.09. The number of carbonyl (C=O) groups is 1. The van der Waals surface area contributed by atoms with Crippen LogP contribution in [0.4, 0.5) is 0 Å². The summed E-state index contributed by atoms with van der Waals surface area (Å²) >= 11 is 0. The monoisotopic (exact) mass is 327 g/mol. The summed E-state index contributed by atoms with van der Waals surface area (Å²) in [6.45, 7) is 6.34. The first-order chi connectivity index (χ1) is 11.7. The molecule has 2 aromatic rings. The van der Waals surface area contributed by atoms with E-state index in [1.165, 1.54) is 25.9 Å². The van der Waals surface area contributed by atoms with Gasteiger partial charge in [0.1, 0.15) is 6.26 Å². The van der Waals surface area contributed by atoms with Gasteiger partial charge < -0.3 is 14.6 Å². The molecule has 1 unspecified atom stereocenters. The van der Waals surface area contributed by atoms with E-state index in [0.29, 0.717) is 24.0 Å². The van der Waals surface area contributed by atoms with Crippen molar-refractivity contribution in [2.24, 2.45) is 5.92 Å². The maximum Gasteiger partial charge on any atom is 0.226 e. The molecule has 1 amide bonds. The van der Waals surface area contributed by atoms with Gasteiger partial charge in [-0.15, -0.1) is 0 Å². The Morgan fingerprint density at radius 1 is 1.29 bits per heavy atom. The molecule has 1 N–H and O–H groups in total. The number of hydrogen-bond donors (Lipinski definition) is 1. The number of amides is 1. The van der Waals surface area contributed by atoms with Gasteiger partial charge in [-0.1, -0.05) is 25.1 Å². The highest BCUT2D eigenvalue weighted by Crippen LogP contribution is 2.18. The average molecular weight is 327 g/mol. The van der Waals surface area contributed by atoms with Gasteiger partial charge in [-0.2, -0.15) is 0 Å². The zero-order valence-corrected chi connectivity index (χ0v) is 14.2. The normalized spacial score (nSPS) is 16.2. The Kier molecular flexibility index (Phi) is 5.64. The minimum absolute atomic E-state index is 0.00353. The van der Waals surface area contributed by atoms with Crippen LogP contribution in [0.1, 0.15) is 25.5 Å². The molecule has 1 atom stereocenters. The smallest absolute Gasteiger partial charge is 0.226 e. The topological polar surface area (TPSA) is 58.4 Å². The second kappa shape index (κ2) is 8.11. The lowest BCUT2D eigenvalue weighted by Crippen LogP contribution is -2.35. The van der Waals surface area contributed by atoms with Crippen LogP contribution >= 0.6 is 0 Å². The third-order valence-corrected chi connectivity index (χ3v) is 4.33. The van der Waals surface area contributed by atoms with Crippen molar-refractivity contribution in [3.63, 3.8) is 0 Å². The second-order valence-corrected chi connectivity index (χ2v) is 6.60. The van der Waals surface area contributed by atoms with Crippen molar-refractivity contribution in [3.8, 4) is 11.5 Å². The van der Waals surface area contributed by atoms with E-state index in [-0.39, 0.29) is 12.3 Å². The number of benzene rings is 1. The fourth-order valence-electron chi connectivity index (χ4n) is 3.09. The van der Waals surface area contributed by atoms with Crippen LogP contribution in [0.2, 0.25) is 0 Å². The summed E-state index contributed by atoms with van der Waals surface area (Å²) in [5.41, 5.74) is 1.59. The maximum absolute atomic E-state index is 12.1. The van der Waals surface area contributed by atoms with E-state index >= 15 is 0 Å². The van der Waals surface area contributed by atoms with E-state index in [9.17, 15) is 4.79 Å². The van der Waals surface area contributed by atoms with Crippen molar-refractivity contribution in [3.05, 3.63) is 42.3 Å². The molecule has 1 aromatic heterocycles. The number of oxazole rings is 1. The van der Waals surface area contributed by atoms with Gasteiger partial charge in [-0.25, -0.2) is 4.98 Å². The average Bonchev–Trinajstić information content (AvgIpc) is 3.26. The van der Waals surface area contributed by atoms with E-state index < -0.39 is 0 Å². The van der Waals surface area contributed by atoms with Gasteiger partial charge in [0.15, 0.2) is 0 Å². The predicted octanol–water partition coefficient (Wildman–Crippen LogP) is 2.73. The summed E-state index contributed by atoms with van der Waals surface area (Å²) in [5.74, 6) is 1.02. The molecule has 128 valence electrons. The number of nitrogens with zero attached hydrogens (tertiary/aromatic N) is 2. The van der Waals surface area contributed by atoms with Gasteiger partial charge in [0.25, 0.3) is 0 Å². The zero-order valence-electron chi connectivity index (χ0n) is 14.2. The lowest BCUT2D eigenvalue weighted by Gasteiger charge is -2.20. The molecule has 0 radical (unpaired) electrons. The summed E-state index contributed by atoms with van der Waals surface area (Å²) in [6.07, 6.45) is 4.42. The Morgan fingerprint density at radius 2 is 2.04 bits per heavy atom. The lowest BCUT2D eigenvalue weighted by molar-refractivity contribution is -0.120. The molecule has 5 nitrogen and oxygen atoms in total. The molecule has 3 rings (SSSR count). The molecule has 1 aromatic carbocycles. The molecular weight excluding hydrogens is 302 g/mol. The highest BCUT2D eigenvalue weighted by Gasteiger charge is 2.16. The molecule has 1 aliphatic heterocycles. The summed E-state index contributed by atoms with van der Waals surface area (Å²) in [5, 5.41) is 3.01. The quantitative estimate of drug-likeness (QED) is 0.849. The molecule has 0 saturated carbocycles. The predicted molar refractivity (Wildman–Crippen MR) is 93.5 cm³/mol. The summed E-state index contributed by atoms with van der Waals surface area (Å²) in [6, 6.07) is 9.71. The third kappa shape index (κ3) is 4.68. The summed E-state index contributed by atoms with van der Waals surface area (Å²) in [7, 11) is 0. The van der Waals surface area contributed by atoms with E-state index in [0.717, 1.165) is 12.1 Å². The minimum atomic E-state index is -0.00353. The molecule has 0 aliphatic carbocycles. The van der Waals surface area contributed by atoms with Crippen molar-refractivity contribution in [2.75, 3.05) is 26.2 Å². The highest BCUT2D eigenvalue weighted by atomic mass is 16.3. The van der Waals surface area contributed by atoms with Gasteiger partial charge in [0.2, 0.25) is 11.8 Å². The van der Waals surface area contributed by atoms with E-state index in [2.05, 4.69) is 22.1 Å². The number of nitrogens with one attached hydrogen (secondary N) is 1. The number of aromatic nitrogens is 1. The van der Waals surface area contributed by atoms with Crippen LogP contribution in [0.15, 0.2) is 41.0 Å². The van der Waals surface area contributed by atoms with Crippen LogP contribution in [0.3, 0.4) is 0 Å². The standard InChI is InChI=1S/C19H25N3O2/c1-15(13-22-9-5-6-10-22)12-20-18(23)11-17-14-24-19(21-17)16-7-3-2-4-8-16/h2-4,7-8,14-15H,5-6,9-13H2,1H3,(H,20,23). The van der Waals surface area contributed by atoms with Gasteiger partial charge >= 0.3 is 0 Å². The summed E-state index contributed by atoms with van der Waals surface area (Å²) in [4.78, 5) is 19.0. The van der Waals surface area contributed by atoms with Crippen molar-refractivity contribution in [2.45, 2.75) is 26.2 Å². The molecule has 1 aliphatic rings. The van der Waals surface area contributed by atoms with Crippen molar-refractivity contribution < 1.29 is 9.21 Å². The molecule has 0 spiro atoms. The first-order valence-corrected chi connectivity index (χ1v) is 8.69. The fraction of sp³-hybridized carbons (Fsp3) is 0.474. The molecule has 2 heterocycles. The Morgan fingerprint density at radius 3 is 2.79 bits per heavy atom. The van der Waals surface area contributed by atoms with E-state index in [1.807, 2.05) is 30.3 Å². The van der Waals surface area contributed by atoms with Crippen LogP contribution in [-0.4, -0.2) is 42.0 Å². The van der Waals surface area contributed by atoms with Crippen molar-refractivity contribution in [1.82, 2.24) is 15.2 Å². The molecule has 0 bridgehead atoms. The van der Waals surface area contributed by atoms with Crippen LogP contribution < -0.4 is 5.32 Å². The Bertz CT molecular complexity index is 648. The molecule has 5 heteroatoms. The number of likely N-dealkylation sites (tertiary alicyclic amines) is 1. The Balaban J connectivity index is 1.44. The van der Waals surface area contributed by atoms with E-state index in [1.54, 1.807) is 6.26 Å². The first kappa shape index (κ1) is 16.7. The van der Waals surface area contributed by atoms with Crippen LogP contribution in [-0.2, 0) is 11.2 Å². The molecular formula is C19H25N3O2. The summed E-state index contributed by atoms with van der Waals surface area (Å²) < 4.78 is 5.47. The third-order valence-electron chi connectivity index (χ3n) is 4.33. The van der Waals surface area contributed by atoms with E-state index in [4.69, 9.17) is 4.42 Å². The van der Waals surface area contributed by atoms with Crippen molar-refractivity contribution in [1.29, 1.82) is 0 Å². The van der Waals surface area contributed by atoms with Gasteiger partial charge in [0.05, 0.1) is 12.1 Å². The minimum Gasteiger partial charge on any atom is -0.444 e. The maximum atomic E-state index is 12.1. The van der Waals surface area contributed by atoms with Crippen molar-refractivity contribution >= 4 is 5.91 Å². The van der Waals surface area contributed by atoms with Gasteiger partial charge in [0, 0.05) is 18.7 Å². The van der Waals surface area contributed by atoms with Gasteiger partial charge in [-0.05, 0) is 44.0 Å². The zero-order chi connectivity index (χ0) is 16.8. The Labute approximate surface area is 143 Å².